The van der Waals surface area contributed by atoms with E-state index in [2.05, 4.69) is 10.4 Å². The average Bonchev–Trinajstić information content (AvgIpc) is 3.25. The largest absolute Gasteiger partial charge is 1.00 e. The number of carboxylic acids is 1. The molecule has 0 unspecified atom stereocenters. The molecule has 2 N–H and O–H groups in total. The average molecular weight is 554 g/mol. The maximum Gasteiger partial charge on any atom is 1.00 e. The normalized spacial score (nSPS) is 11.2. The summed E-state index contributed by atoms with van der Waals surface area (Å²) in [5.41, 5.74) is -1.62. The Morgan fingerprint density at radius 1 is 1.03 bits per heavy atom. The van der Waals surface area contributed by atoms with E-state index in [1.54, 1.807) is 0 Å². The molecule has 0 aliphatic carbocycles. The number of halogens is 4. The van der Waals surface area contributed by atoms with Crippen LogP contribution in [0.5, 0.6) is 0 Å². The molecular weight excluding hydrogens is 538 g/mol. The number of hydrogen-bond acceptors (Lipinski definition) is 6. The van der Waals surface area contributed by atoms with Crippen molar-refractivity contribution in [1.82, 2.24) is 15.1 Å². The summed E-state index contributed by atoms with van der Waals surface area (Å²) in [5, 5.41) is 26.6. The van der Waals surface area contributed by atoms with E-state index in [0.717, 1.165) is 22.9 Å². The predicted octanol–water partition coefficient (Wildman–Crippen LogP) is 0.154. The number of amides is 1. The fraction of sp³-hybridized carbons (Fsp3) is 0.120. The van der Waals surface area contributed by atoms with Gasteiger partial charge in [0.05, 0.1) is 34.2 Å². The molecule has 1 amide bonds. The van der Waals surface area contributed by atoms with Crippen molar-refractivity contribution in [3.05, 3.63) is 87.9 Å². The second-order valence-corrected chi connectivity index (χ2v) is 8.21. The van der Waals surface area contributed by atoms with Crippen LogP contribution in [0, 0.1) is 0 Å². The minimum Gasteiger partial charge on any atom is -0.545 e. The van der Waals surface area contributed by atoms with Crippen LogP contribution in [0.25, 0.3) is 22.2 Å². The zero-order valence-corrected chi connectivity index (χ0v) is 22.4. The number of fused-ring (bicyclic) bond motifs is 1. The second kappa shape index (κ2) is 11.7. The molecule has 0 atom stereocenters. The maximum atomic E-state index is 13.7. The number of rotatable bonds is 6. The third kappa shape index (κ3) is 5.77. The standard InChI is InChI=1S/C25H17ClF3N3O5.Na/c26-18-3-1-2-17(25(27,28)29)20(18)23(35)32-19-12-15(22(34)30-10-11-33)8-9-16(19)21(31-32)13-4-6-14(7-5-13)24(36)37;/h1-9,12,33H,10-11H2,(H,30,34)(H,36,37);/q;+1/p-1. The van der Waals surface area contributed by atoms with E-state index in [9.17, 15) is 32.7 Å². The van der Waals surface area contributed by atoms with Gasteiger partial charge in [0.2, 0.25) is 0 Å². The molecule has 0 radical (unpaired) electrons. The van der Waals surface area contributed by atoms with Crippen LogP contribution in [-0.4, -0.2) is 45.8 Å². The zero-order valence-electron chi connectivity index (χ0n) is 19.7. The van der Waals surface area contributed by atoms with E-state index in [4.69, 9.17) is 16.7 Å². The summed E-state index contributed by atoms with van der Waals surface area (Å²) in [6.45, 7) is -0.358. The van der Waals surface area contributed by atoms with Gasteiger partial charge >= 0.3 is 35.7 Å². The number of aromatic nitrogens is 2. The molecule has 0 bridgehead atoms. The number of alkyl halides is 3. The summed E-state index contributed by atoms with van der Waals surface area (Å²) in [5.74, 6) is -3.19. The Morgan fingerprint density at radius 2 is 1.68 bits per heavy atom. The molecule has 0 aliphatic heterocycles. The SMILES string of the molecule is O=C([O-])c1ccc(-c2nn(C(=O)c3c(Cl)cccc3C(F)(F)F)c3cc(C(=O)NCCO)ccc23)cc1.[Na+]. The van der Waals surface area contributed by atoms with E-state index in [1.165, 1.54) is 42.5 Å². The van der Waals surface area contributed by atoms with Crippen molar-refractivity contribution in [2.75, 3.05) is 13.2 Å². The van der Waals surface area contributed by atoms with Crippen LogP contribution in [0.1, 0.15) is 36.6 Å². The molecule has 8 nitrogen and oxygen atoms in total. The number of aromatic carboxylic acids is 1. The minimum atomic E-state index is -4.89. The molecule has 38 heavy (non-hydrogen) atoms. The molecule has 0 aliphatic rings. The van der Waals surface area contributed by atoms with Crippen LogP contribution >= 0.6 is 11.6 Å². The van der Waals surface area contributed by atoms with E-state index >= 15 is 0 Å². The van der Waals surface area contributed by atoms with E-state index in [-0.39, 0.29) is 65.0 Å². The molecule has 1 heterocycles. The van der Waals surface area contributed by atoms with Gasteiger partial charge in [-0.15, -0.1) is 0 Å². The van der Waals surface area contributed by atoms with E-state index in [0.29, 0.717) is 10.9 Å². The zero-order chi connectivity index (χ0) is 26.9. The van der Waals surface area contributed by atoms with Gasteiger partial charge in [0.25, 0.3) is 11.8 Å². The van der Waals surface area contributed by atoms with Crippen molar-refractivity contribution in [2.24, 2.45) is 0 Å². The number of aliphatic hydroxyl groups is 1. The van der Waals surface area contributed by atoms with Gasteiger partial charge in [0.15, 0.2) is 0 Å². The Kier molecular flexibility index (Phi) is 9.01. The van der Waals surface area contributed by atoms with Crippen LogP contribution in [0.3, 0.4) is 0 Å². The van der Waals surface area contributed by atoms with Crippen molar-refractivity contribution in [3.63, 3.8) is 0 Å². The van der Waals surface area contributed by atoms with Gasteiger partial charge in [0.1, 0.15) is 5.69 Å². The van der Waals surface area contributed by atoms with Gasteiger partial charge in [0, 0.05) is 23.1 Å². The number of carbonyl (C=O) groups excluding carboxylic acids is 3. The van der Waals surface area contributed by atoms with Crippen LogP contribution in [-0.2, 0) is 6.18 Å². The summed E-state index contributed by atoms with van der Waals surface area (Å²) in [6, 6.07) is 12.4. The number of nitrogens with zero attached hydrogens (tertiary/aromatic N) is 2. The smallest absolute Gasteiger partial charge is 0.545 e. The number of benzene rings is 3. The van der Waals surface area contributed by atoms with Crippen LogP contribution in [0.2, 0.25) is 5.02 Å². The number of nitrogens with one attached hydrogen (secondary N) is 1. The van der Waals surface area contributed by atoms with Crippen LogP contribution < -0.4 is 40.0 Å². The summed E-state index contributed by atoms with van der Waals surface area (Å²) < 4.78 is 41.9. The Balaban J connectivity index is 0.00000400. The van der Waals surface area contributed by atoms with Crippen molar-refractivity contribution in [1.29, 1.82) is 0 Å². The van der Waals surface area contributed by atoms with Gasteiger partial charge < -0.3 is 20.3 Å². The third-order valence-corrected chi connectivity index (χ3v) is 5.77. The first-order valence-corrected chi connectivity index (χ1v) is 11.0. The third-order valence-electron chi connectivity index (χ3n) is 5.46. The molecule has 0 spiro atoms. The molecule has 0 fully saturated rings. The molecule has 190 valence electrons. The Morgan fingerprint density at radius 3 is 2.29 bits per heavy atom. The van der Waals surface area contributed by atoms with Crippen molar-refractivity contribution in [2.45, 2.75) is 6.18 Å². The molecule has 13 heteroatoms. The molecule has 0 saturated carbocycles. The summed E-state index contributed by atoms with van der Waals surface area (Å²) in [7, 11) is 0. The fourth-order valence-electron chi connectivity index (χ4n) is 3.74. The maximum absolute atomic E-state index is 13.7. The summed E-state index contributed by atoms with van der Waals surface area (Å²) in [4.78, 5) is 37.0. The van der Waals surface area contributed by atoms with Gasteiger partial charge in [-0.1, -0.05) is 41.9 Å². The van der Waals surface area contributed by atoms with Crippen LogP contribution in [0.15, 0.2) is 60.7 Å². The van der Waals surface area contributed by atoms with E-state index < -0.39 is 40.1 Å². The monoisotopic (exact) mass is 553 g/mol. The van der Waals surface area contributed by atoms with E-state index in [1.807, 2.05) is 0 Å². The fourth-order valence-corrected chi connectivity index (χ4v) is 4.00. The summed E-state index contributed by atoms with van der Waals surface area (Å²) >= 11 is 6.03. The van der Waals surface area contributed by atoms with Gasteiger partial charge in [-0.3, -0.25) is 9.59 Å². The molecule has 1 aromatic heterocycles. The first kappa shape index (κ1) is 29.3. The molecule has 4 rings (SSSR count). The number of carbonyl (C=O) groups is 3. The Bertz CT molecular complexity index is 1540. The molecule has 0 saturated heterocycles. The first-order valence-electron chi connectivity index (χ1n) is 10.7. The Hall–Kier alpha value is -3.22. The van der Waals surface area contributed by atoms with Crippen molar-refractivity contribution < 1.29 is 67.3 Å². The van der Waals surface area contributed by atoms with Gasteiger partial charge in [-0.05, 0) is 35.9 Å². The minimum absolute atomic E-state index is 0. The Labute approximate surface area is 240 Å². The first-order chi connectivity index (χ1) is 17.5. The molecular formula is C25H16ClF3N3NaO5. The van der Waals surface area contributed by atoms with Crippen LogP contribution in [0.4, 0.5) is 13.2 Å². The van der Waals surface area contributed by atoms with Gasteiger partial charge in [-0.25, -0.2) is 0 Å². The number of aliphatic hydroxyl groups excluding tert-OH is 1. The second-order valence-electron chi connectivity index (χ2n) is 7.80. The molecule has 4 aromatic rings. The van der Waals surface area contributed by atoms with Crippen molar-refractivity contribution >= 4 is 40.3 Å². The predicted molar refractivity (Wildman–Crippen MR) is 125 cm³/mol. The number of carboxylic acid groups (broad SMARTS) is 1. The molecule has 3 aromatic carbocycles. The quantitative estimate of drug-likeness (QED) is 0.328. The van der Waals surface area contributed by atoms with Crippen molar-refractivity contribution in [3.8, 4) is 11.3 Å². The topological polar surface area (TPSA) is 124 Å². The van der Waals surface area contributed by atoms with Gasteiger partial charge in [-0.2, -0.15) is 23.0 Å². The summed E-state index contributed by atoms with van der Waals surface area (Å²) in [6.07, 6.45) is -4.89. The number of hydrogen-bond donors (Lipinski definition) is 2.